The Morgan fingerprint density at radius 1 is 0.588 bits per heavy atom. The van der Waals surface area contributed by atoms with E-state index in [0.717, 1.165) is 83.6 Å². The third-order valence-corrected chi connectivity index (χ3v) is 10.2. The lowest BCUT2D eigenvalue weighted by molar-refractivity contribution is 0.289. The molecule has 0 N–H and O–H groups in total. The molecule has 0 saturated heterocycles. The summed E-state index contributed by atoms with van der Waals surface area (Å²) in [5.41, 5.74) is 4.84. The van der Waals surface area contributed by atoms with Gasteiger partial charge in [0.1, 0.15) is 17.2 Å². The summed E-state index contributed by atoms with van der Waals surface area (Å²) >= 11 is 13.3. The number of ether oxygens (including phenoxy) is 3. The molecule has 0 radical (unpaired) electrons. The van der Waals surface area contributed by atoms with Crippen LogP contribution in [0.25, 0.3) is 0 Å². The van der Waals surface area contributed by atoms with E-state index >= 15 is 0 Å². The van der Waals surface area contributed by atoms with Crippen molar-refractivity contribution in [2.24, 2.45) is 0 Å². The molecule has 6 rings (SSSR count). The zero-order valence-corrected chi connectivity index (χ0v) is 21.7. The smallest absolute Gasteiger partial charge is 0.132 e. The molecule has 3 aliphatic heterocycles. The van der Waals surface area contributed by atoms with Crippen molar-refractivity contribution in [3.63, 3.8) is 0 Å². The first-order chi connectivity index (χ1) is 16.6. The maximum atomic E-state index is 6.64. The fourth-order valence-corrected chi connectivity index (χ4v) is 8.49. The van der Waals surface area contributed by atoms with Crippen LogP contribution in [0.2, 0.25) is 10.0 Å². The Morgan fingerprint density at radius 3 is 1.50 bits per heavy atom. The minimum Gasteiger partial charge on any atom is -0.493 e. The molecule has 3 aromatic rings. The Morgan fingerprint density at radius 2 is 1.00 bits per heavy atom. The second-order valence-corrected chi connectivity index (χ2v) is 12.1. The summed E-state index contributed by atoms with van der Waals surface area (Å²) in [6, 6.07) is 12.9. The first-order valence-electron chi connectivity index (χ1n) is 12.1. The molecule has 176 valence electrons. The Labute approximate surface area is 212 Å². The number of fused-ring (bicyclic) bond motifs is 3. The lowest BCUT2D eigenvalue weighted by Crippen LogP contribution is -2.30. The third kappa shape index (κ3) is 3.77. The van der Waals surface area contributed by atoms with Crippen LogP contribution in [0.5, 0.6) is 17.2 Å². The van der Waals surface area contributed by atoms with Crippen molar-refractivity contribution in [3.05, 3.63) is 68.7 Å². The van der Waals surface area contributed by atoms with E-state index in [1.807, 2.05) is 12.1 Å². The Bertz CT molecular complexity index is 1120. The van der Waals surface area contributed by atoms with Crippen LogP contribution in [0.4, 0.5) is 0 Å². The van der Waals surface area contributed by atoms with E-state index < -0.39 is 7.92 Å². The van der Waals surface area contributed by atoms with Gasteiger partial charge in [0, 0.05) is 37.1 Å². The zero-order chi connectivity index (χ0) is 23.2. The Kier molecular flexibility index (Phi) is 6.14. The zero-order valence-electron chi connectivity index (χ0n) is 19.3. The quantitative estimate of drug-likeness (QED) is 0.400. The maximum absolute atomic E-state index is 6.64. The van der Waals surface area contributed by atoms with E-state index in [-0.39, 0.29) is 0 Å². The van der Waals surface area contributed by atoms with Gasteiger partial charge in [0.2, 0.25) is 0 Å². The van der Waals surface area contributed by atoms with Crippen molar-refractivity contribution in [3.8, 4) is 17.2 Å². The van der Waals surface area contributed by atoms with Crippen molar-refractivity contribution in [1.29, 1.82) is 0 Å². The van der Waals surface area contributed by atoms with Gasteiger partial charge in [0.15, 0.2) is 0 Å². The fraction of sp³-hybridized carbons (Fsp3) is 0.357. The number of hydrogen-bond acceptors (Lipinski definition) is 3. The minimum absolute atomic E-state index is 0.710. The molecule has 0 fully saturated rings. The second kappa shape index (κ2) is 9.26. The van der Waals surface area contributed by atoms with Gasteiger partial charge in [-0.15, -0.1) is 0 Å². The van der Waals surface area contributed by atoms with Crippen molar-refractivity contribution in [2.75, 3.05) is 19.8 Å². The normalized spacial score (nSPS) is 16.6. The number of rotatable bonds is 3. The minimum atomic E-state index is -1.02. The lowest BCUT2D eigenvalue weighted by atomic mass is 10.0. The molecule has 0 bridgehead atoms. The van der Waals surface area contributed by atoms with Gasteiger partial charge in [-0.2, -0.15) is 0 Å². The highest BCUT2D eigenvalue weighted by molar-refractivity contribution is 7.80. The predicted molar refractivity (Wildman–Crippen MR) is 141 cm³/mol. The monoisotopic (exact) mass is 512 g/mol. The molecular weight excluding hydrogens is 486 g/mol. The number of benzene rings is 3. The van der Waals surface area contributed by atoms with Crippen LogP contribution in [0.1, 0.15) is 41.5 Å². The van der Waals surface area contributed by atoms with Crippen LogP contribution in [0.15, 0.2) is 36.4 Å². The summed E-state index contributed by atoms with van der Waals surface area (Å²) in [7, 11) is -1.02. The predicted octanol–water partition coefficient (Wildman–Crippen LogP) is 6.04. The number of hydrogen-bond donors (Lipinski definition) is 0. The molecule has 0 aliphatic carbocycles. The molecule has 34 heavy (non-hydrogen) atoms. The van der Waals surface area contributed by atoms with Crippen LogP contribution < -0.4 is 30.1 Å². The van der Waals surface area contributed by atoms with Crippen LogP contribution in [-0.2, 0) is 19.3 Å². The van der Waals surface area contributed by atoms with E-state index in [0.29, 0.717) is 13.2 Å². The molecule has 0 aromatic heterocycles. The maximum Gasteiger partial charge on any atom is 0.132 e. The number of aryl methyl sites for hydroxylation is 1. The van der Waals surface area contributed by atoms with Gasteiger partial charge in [0.05, 0.1) is 19.8 Å². The average Bonchev–Trinajstić information content (AvgIpc) is 2.88. The van der Waals surface area contributed by atoms with Gasteiger partial charge in [0.25, 0.3) is 0 Å². The van der Waals surface area contributed by atoms with E-state index in [9.17, 15) is 0 Å². The molecule has 0 spiro atoms. The Balaban J connectivity index is 1.64. The van der Waals surface area contributed by atoms with Gasteiger partial charge >= 0.3 is 0 Å². The molecule has 6 heteroatoms. The number of halogens is 2. The van der Waals surface area contributed by atoms with Gasteiger partial charge in [-0.1, -0.05) is 29.3 Å². The largest absolute Gasteiger partial charge is 0.493 e. The molecule has 3 heterocycles. The van der Waals surface area contributed by atoms with E-state index in [1.54, 1.807) is 0 Å². The third-order valence-electron chi connectivity index (χ3n) is 7.01. The standard InChI is InChI=1S/C28H27Cl2O3P/c1-17-8-11-23(26-18(17)5-2-14-31-26)34(24-12-9-21(29)19-6-3-15-32-27(19)24)25-13-10-22(30)20-7-4-16-33-28(20)25/h8-13H,2-7,14-16H2,1H3. The highest BCUT2D eigenvalue weighted by Gasteiger charge is 2.33. The Hall–Kier alpha value is -1.93. The fourth-order valence-electron chi connectivity index (χ4n) is 5.34. The van der Waals surface area contributed by atoms with Crippen molar-refractivity contribution in [1.82, 2.24) is 0 Å². The van der Waals surface area contributed by atoms with Crippen LogP contribution >= 0.6 is 31.1 Å². The topological polar surface area (TPSA) is 27.7 Å². The van der Waals surface area contributed by atoms with Crippen LogP contribution in [-0.4, -0.2) is 19.8 Å². The van der Waals surface area contributed by atoms with Gasteiger partial charge in [-0.05, 0) is 94.8 Å². The van der Waals surface area contributed by atoms with Gasteiger partial charge in [-0.3, -0.25) is 0 Å². The molecule has 0 unspecified atom stereocenters. The molecule has 0 amide bonds. The van der Waals surface area contributed by atoms with E-state index in [1.165, 1.54) is 27.0 Å². The van der Waals surface area contributed by atoms with Gasteiger partial charge in [-0.25, -0.2) is 0 Å². The molecule has 0 atom stereocenters. The SMILES string of the molecule is Cc1ccc(P(c2ccc(Cl)c3c2OCCC3)c2ccc(Cl)c3c2OCCC3)c2c1CCCO2. The van der Waals surface area contributed by atoms with Gasteiger partial charge < -0.3 is 14.2 Å². The summed E-state index contributed by atoms with van der Waals surface area (Å²) in [6.45, 7) is 4.35. The van der Waals surface area contributed by atoms with E-state index in [4.69, 9.17) is 37.4 Å². The lowest BCUT2D eigenvalue weighted by Gasteiger charge is -2.32. The van der Waals surface area contributed by atoms with Crippen LogP contribution in [0.3, 0.4) is 0 Å². The average molecular weight is 513 g/mol. The molecule has 3 nitrogen and oxygen atoms in total. The molecular formula is C28H27Cl2O3P. The first-order valence-corrected chi connectivity index (χ1v) is 14.2. The summed E-state index contributed by atoms with van der Waals surface area (Å²) < 4.78 is 19.0. The summed E-state index contributed by atoms with van der Waals surface area (Å²) in [5.74, 6) is 2.92. The molecule has 3 aliphatic rings. The summed E-state index contributed by atoms with van der Waals surface area (Å²) in [4.78, 5) is 0. The van der Waals surface area contributed by atoms with Crippen molar-refractivity contribution in [2.45, 2.75) is 45.4 Å². The van der Waals surface area contributed by atoms with Crippen molar-refractivity contribution >= 4 is 47.0 Å². The highest BCUT2D eigenvalue weighted by atomic mass is 35.5. The molecule has 0 saturated carbocycles. The first kappa shape index (κ1) is 22.5. The molecule has 3 aromatic carbocycles. The van der Waals surface area contributed by atoms with E-state index in [2.05, 4.69) is 31.2 Å². The van der Waals surface area contributed by atoms with Crippen molar-refractivity contribution < 1.29 is 14.2 Å². The summed E-state index contributed by atoms with van der Waals surface area (Å²) in [6.07, 6.45) is 5.93. The van der Waals surface area contributed by atoms with Crippen LogP contribution in [0, 0.1) is 6.92 Å². The highest BCUT2D eigenvalue weighted by Crippen LogP contribution is 2.48. The summed E-state index contributed by atoms with van der Waals surface area (Å²) in [5, 5.41) is 5.13. The second-order valence-electron chi connectivity index (χ2n) is 9.15.